The summed E-state index contributed by atoms with van der Waals surface area (Å²) >= 11 is 2.97. The number of Topliss-reactive ketones (excluding diaryl/α,β-unsaturated/α-hetero) is 1. The van der Waals surface area contributed by atoms with Gasteiger partial charge in [-0.15, -0.1) is 23.1 Å². The van der Waals surface area contributed by atoms with Crippen molar-refractivity contribution in [2.75, 3.05) is 5.75 Å². The van der Waals surface area contributed by atoms with E-state index in [1.165, 1.54) is 34.2 Å². The van der Waals surface area contributed by atoms with Gasteiger partial charge >= 0.3 is 0 Å². The molecule has 2 rings (SSSR count). The van der Waals surface area contributed by atoms with Crippen molar-refractivity contribution in [3.63, 3.8) is 0 Å². The molecule has 1 N–H and O–H groups in total. The van der Waals surface area contributed by atoms with Crippen LogP contribution in [0.5, 0.6) is 0 Å². The van der Waals surface area contributed by atoms with Crippen LogP contribution in [0, 0.1) is 13.8 Å². The smallest absolute Gasteiger partial charge is 0.230 e. The minimum atomic E-state index is -0.156. The predicted molar refractivity (Wildman–Crippen MR) is 97.5 cm³/mol. The average Bonchev–Trinajstić information content (AvgIpc) is 3.02. The standard InChI is InChI=1S/C18H21NO2S2/c1-12-6-7-13(2)17(9-12)23-11-18(21)19-14(3)10-15(20)16-5-4-8-22-16/h4-9,14H,10-11H2,1-3H3,(H,19,21)/t14-/m1/s1. The van der Waals surface area contributed by atoms with E-state index >= 15 is 0 Å². The quantitative estimate of drug-likeness (QED) is 0.602. The molecular formula is C18H21NO2S2. The Hall–Kier alpha value is -1.59. The van der Waals surface area contributed by atoms with Crippen LogP contribution in [0.15, 0.2) is 40.6 Å². The van der Waals surface area contributed by atoms with Crippen molar-refractivity contribution >= 4 is 34.8 Å². The highest BCUT2D eigenvalue weighted by Crippen LogP contribution is 2.23. The molecule has 0 aliphatic rings. The lowest BCUT2D eigenvalue weighted by molar-refractivity contribution is -0.119. The van der Waals surface area contributed by atoms with E-state index in [9.17, 15) is 9.59 Å². The van der Waals surface area contributed by atoms with Crippen molar-refractivity contribution in [2.24, 2.45) is 0 Å². The number of rotatable bonds is 7. The molecule has 1 amide bonds. The van der Waals surface area contributed by atoms with Gasteiger partial charge in [-0.25, -0.2) is 0 Å². The van der Waals surface area contributed by atoms with Gasteiger partial charge in [0, 0.05) is 17.4 Å². The van der Waals surface area contributed by atoms with Gasteiger partial charge in [-0.05, 0) is 43.8 Å². The van der Waals surface area contributed by atoms with E-state index in [0.717, 1.165) is 9.77 Å². The van der Waals surface area contributed by atoms with Crippen molar-refractivity contribution in [2.45, 2.75) is 38.1 Å². The van der Waals surface area contributed by atoms with Crippen LogP contribution < -0.4 is 5.32 Å². The second-order valence-corrected chi connectivity index (χ2v) is 7.60. The fourth-order valence-electron chi connectivity index (χ4n) is 2.19. The lowest BCUT2D eigenvalue weighted by Gasteiger charge is -2.13. The highest BCUT2D eigenvalue weighted by atomic mass is 32.2. The van der Waals surface area contributed by atoms with Crippen LogP contribution in [0.2, 0.25) is 0 Å². The van der Waals surface area contributed by atoms with Crippen molar-refractivity contribution in [3.05, 3.63) is 51.7 Å². The number of aryl methyl sites for hydroxylation is 2. The fraction of sp³-hybridized carbons (Fsp3) is 0.333. The number of benzene rings is 1. The molecule has 0 fully saturated rings. The molecule has 0 spiro atoms. The Balaban J connectivity index is 1.80. The summed E-state index contributed by atoms with van der Waals surface area (Å²) in [4.78, 5) is 25.9. The molecule has 23 heavy (non-hydrogen) atoms. The van der Waals surface area contributed by atoms with Gasteiger partial charge < -0.3 is 5.32 Å². The third-order valence-corrected chi connectivity index (χ3v) is 5.47. The molecule has 122 valence electrons. The minimum absolute atomic E-state index is 0.0395. The minimum Gasteiger partial charge on any atom is -0.352 e. The number of thioether (sulfide) groups is 1. The van der Waals surface area contributed by atoms with Crippen molar-refractivity contribution < 1.29 is 9.59 Å². The number of carbonyl (C=O) groups is 2. The highest BCUT2D eigenvalue weighted by molar-refractivity contribution is 8.00. The Morgan fingerprint density at radius 3 is 2.74 bits per heavy atom. The van der Waals surface area contributed by atoms with Crippen LogP contribution in [-0.2, 0) is 4.79 Å². The third kappa shape index (κ3) is 5.52. The second kappa shape index (κ2) is 8.31. The number of hydrogen-bond donors (Lipinski definition) is 1. The fourth-order valence-corrected chi connectivity index (χ4v) is 3.80. The monoisotopic (exact) mass is 347 g/mol. The first-order chi connectivity index (χ1) is 11.0. The summed E-state index contributed by atoms with van der Waals surface area (Å²) in [5.41, 5.74) is 2.36. The molecule has 0 unspecified atom stereocenters. The van der Waals surface area contributed by atoms with Crippen molar-refractivity contribution in [1.82, 2.24) is 5.32 Å². The summed E-state index contributed by atoms with van der Waals surface area (Å²) in [7, 11) is 0. The Morgan fingerprint density at radius 1 is 1.26 bits per heavy atom. The molecular weight excluding hydrogens is 326 g/mol. The summed E-state index contributed by atoms with van der Waals surface area (Å²) in [6.45, 7) is 5.95. The van der Waals surface area contributed by atoms with Crippen molar-refractivity contribution in [3.8, 4) is 0 Å². The van der Waals surface area contributed by atoms with E-state index in [1.54, 1.807) is 0 Å². The maximum absolute atomic E-state index is 12.1. The lowest BCUT2D eigenvalue weighted by atomic mass is 10.1. The number of nitrogens with one attached hydrogen (secondary N) is 1. The SMILES string of the molecule is Cc1ccc(C)c(SCC(=O)N[C@H](C)CC(=O)c2cccs2)c1. The molecule has 0 saturated carbocycles. The first kappa shape index (κ1) is 17.8. The van der Waals surface area contributed by atoms with E-state index in [-0.39, 0.29) is 17.7 Å². The zero-order valence-corrected chi connectivity index (χ0v) is 15.2. The Morgan fingerprint density at radius 2 is 2.04 bits per heavy atom. The van der Waals surface area contributed by atoms with Crippen LogP contribution in [0.3, 0.4) is 0 Å². The summed E-state index contributed by atoms with van der Waals surface area (Å²) in [5, 5.41) is 4.79. The van der Waals surface area contributed by atoms with E-state index in [2.05, 4.69) is 23.5 Å². The maximum Gasteiger partial charge on any atom is 0.230 e. The first-order valence-corrected chi connectivity index (χ1v) is 9.38. The molecule has 0 bridgehead atoms. The van der Waals surface area contributed by atoms with Gasteiger partial charge in [0.2, 0.25) is 5.91 Å². The maximum atomic E-state index is 12.1. The van der Waals surface area contributed by atoms with Gasteiger partial charge in [0.25, 0.3) is 0 Å². The Kier molecular flexibility index (Phi) is 6.42. The molecule has 2 aromatic rings. The number of carbonyl (C=O) groups excluding carboxylic acids is 2. The van der Waals surface area contributed by atoms with E-state index in [1.807, 2.05) is 38.3 Å². The molecule has 1 atom stereocenters. The molecule has 0 aliphatic carbocycles. The van der Waals surface area contributed by atoms with Gasteiger partial charge in [0.15, 0.2) is 5.78 Å². The number of thiophene rings is 1. The summed E-state index contributed by atoms with van der Waals surface area (Å²) < 4.78 is 0. The topological polar surface area (TPSA) is 46.2 Å². The molecule has 3 nitrogen and oxygen atoms in total. The Bertz CT molecular complexity index is 680. The highest BCUT2D eigenvalue weighted by Gasteiger charge is 2.14. The second-order valence-electron chi connectivity index (χ2n) is 5.63. The molecule has 5 heteroatoms. The third-order valence-electron chi connectivity index (χ3n) is 3.40. The molecule has 1 aromatic carbocycles. The number of hydrogen-bond acceptors (Lipinski definition) is 4. The predicted octanol–water partition coefficient (Wildman–Crippen LogP) is 4.23. The molecule has 0 radical (unpaired) electrons. The van der Waals surface area contributed by atoms with Crippen LogP contribution in [-0.4, -0.2) is 23.5 Å². The van der Waals surface area contributed by atoms with Gasteiger partial charge in [-0.1, -0.05) is 23.8 Å². The summed E-state index contributed by atoms with van der Waals surface area (Å²) in [5.74, 6) is 0.402. The molecule has 1 heterocycles. The molecule has 0 saturated heterocycles. The molecule has 0 aliphatic heterocycles. The van der Waals surface area contributed by atoms with E-state index in [0.29, 0.717) is 12.2 Å². The first-order valence-electron chi connectivity index (χ1n) is 7.52. The Labute approximate surface area is 145 Å². The average molecular weight is 348 g/mol. The normalized spacial score (nSPS) is 12.0. The summed E-state index contributed by atoms with van der Waals surface area (Å²) in [6.07, 6.45) is 0.334. The van der Waals surface area contributed by atoms with Crippen LogP contribution in [0.4, 0.5) is 0 Å². The van der Waals surface area contributed by atoms with Gasteiger partial charge in [-0.2, -0.15) is 0 Å². The van der Waals surface area contributed by atoms with Crippen LogP contribution in [0.25, 0.3) is 0 Å². The molecule has 1 aromatic heterocycles. The number of ketones is 1. The van der Waals surface area contributed by atoms with E-state index in [4.69, 9.17) is 0 Å². The lowest BCUT2D eigenvalue weighted by Crippen LogP contribution is -2.35. The van der Waals surface area contributed by atoms with Gasteiger partial charge in [0.1, 0.15) is 0 Å². The van der Waals surface area contributed by atoms with Crippen LogP contribution in [0.1, 0.15) is 34.1 Å². The summed E-state index contributed by atoms with van der Waals surface area (Å²) in [6, 6.07) is 9.75. The number of amides is 1. The zero-order chi connectivity index (χ0) is 16.8. The van der Waals surface area contributed by atoms with Crippen molar-refractivity contribution in [1.29, 1.82) is 0 Å². The largest absolute Gasteiger partial charge is 0.352 e. The van der Waals surface area contributed by atoms with Gasteiger partial charge in [0.05, 0.1) is 10.6 Å². The zero-order valence-electron chi connectivity index (χ0n) is 13.6. The van der Waals surface area contributed by atoms with E-state index < -0.39 is 0 Å². The van der Waals surface area contributed by atoms with Crippen LogP contribution >= 0.6 is 23.1 Å². The van der Waals surface area contributed by atoms with Gasteiger partial charge in [-0.3, -0.25) is 9.59 Å².